The number of hydrogen-bond acceptors (Lipinski definition) is 2. The standard InChI is InChI=1S/C21H21F3N2O/c1-20(2)11-12-25-18-13-16(8-9-17(18)20)26-19(27)10-5-14-3-6-15(7-4-14)21(22,23)24/h3-10,13,25H,11-12H2,1-2H3,(H,26,27). The largest absolute Gasteiger partial charge is 0.416 e. The van der Waals surface area contributed by atoms with Crippen molar-refractivity contribution in [3.8, 4) is 0 Å². The SMILES string of the molecule is CC1(C)CCNc2cc(NC(=O)C=Cc3ccc(C(F)(F)F)cc3)ccc21. The summed E-state index contributed by atoms with van der Waals surface area (Å²) in [5.74, 6) is -0.343. The molecule has 6 heteroatoms. The summed E-state index contributed by atoms with van der Waals surface area (Å²) in [6.07, 6.45) is -0.537. The van der Waals surface area contributed by atoms with Crippen LogP contribution in [-0.4, -0.2) is 12.5 Å². The number of halogens is 3. The molecule has 0 saturated carbocycles. The van der Waals surface area contributed by atoms with E-state index in [-0.39, 0.29) is 11.3 Å². The van der Waals surface area contributed by atoms with Crippen molar-refractivity contribution in [2.45, 2.75) is 31.9 Å². The minimum atomic E-state index is -4.37. The molecular formula is C21H21F3N2O. The molecule has 0 aliphatic carbocycles. The highest BCUT2D eigenvalue weighted by molar-refractivity contribution is 6.02. The number of amides is 1. The first-order chi connectivity index (χ1) is 12.6. The van der Waals surface area contributed by atoms with Crippen LogP contribution in [0.25, 0.3) is 6.08 Å². The van der Waals surface area contributed by atoms with Gasteiger partial charge in [0, 0.05) is 24.0 Å². The van der Waals surface area contributed by atoms with Gasteiger partial charge in [-0.15, -0.1) is 0 Å². The molecule has 0 atom stereocenters. The molecule has 2 N–H and O–H groups in total. The molecule has 27 heavy (non-hydrogen) atoms. The lowest BCUT2D eigenvalue weighted by atomic mass is 9.78. The highest BCUT2D eigenvalue weighted by Gasteiger charge is 2.30. The Morgan fingerprint density at radius 3 is 2.52 bits per heavy atom. The van der Waals surface area contributed by atoms with Crippen LogP contribution in [-0.2, 0) is 16.4 Å². The Labute approximate surface area is 156 Å². The zero-order valence-corrected chi connectivity index (χ0v) is 15.2. The van der Waals surface area contributed by atoms with Gasteiger partial charge in [-0.3, -0.25) is 4.79 Å². The lowest BCUT2D eigenvalue weighted by Gasteiger charge is -2.33. The zero-order valence-electron chi connectivity index (χ0n) is 15.2. The summed E-state index contributed by atoms with van der Waals surface area (Å²) in [6.45, 7) is 5.26. The summed E-state index contributed by atoms with van der Waals surface area (Å²) in [5.41, 5.74) is 2.79. The molecule has 3 nitrogen and oxygen atoms in total. The van der Waals surface area contributed by atoms with Crippen LogP contribution in [0.1, 0.15) is 37.0 Å². The Morgan fingerprint density at radius 1 is 1.15 bits per heavy atom. The van der Waals surface area contributed by atoms with Crippen LogP contribution < -0.4 is 10.6 Å². The van der Waals surface area contributed by atoms with Crippen molar-refractivity contribution in [1.82, 2.24) is 0 Å². The van der Waals surface area contributed by atoms with Crippen molar-refractivity contribution in [3.05, 3.63) is 65.2 Å². The highest BCUT2D eigenvalue weighted by atomic mass is 19.4. The van der Waals surface area contributed by atoms with E-state index in [0.717, 1.165) is 30.8 Å². The van der Waals surface area contributed by atoms with Crippen LogP contribution in [0.2, 0.25) is 0 Å². The van der Waals surface area contributed by atoms with Gasteiger partial charge >= 0.3 is 6.18 Å². The first-order valence-electron chi connectivity index (χ1n) is 8.70. The monoisotopic (exact) mass is 374 g/mol. The molecule has 1 aliphatic rings. The smallest absolute Gasteiger partial charge is 0.385 e. The van der Waals surface area contributed by atoms with Crippen LogP contribution in [0.3, 0.4) is 0 Å². The lowest BCUT2D eigenvalue weighted by Crippen LogP contribution is -2.28. The van der Waals surface area contributed by atoms with Gasteiger partial charge < -0.3 is 10.6 Å². The molecule has 1 amide bonds. The molecule has 0 spiro atoms. The fraction of sp³-hybridized carbons (Fsp3) is 0.286. The zero-order chi connectivity index (χ0) is 19.7. The Balaban J connectivity index is 1.67. The van der Waals surface area contributed by atoms with Crippen molar-refractivity contribution < 1.29 is 18.0 Å². The van der Waals surface area contributed by atoms with Crippen molar-refractivity contribution in [2.24, 2.45) is 0 Å². The van der Waals surface area contributed by atoms with Gasteiger partial charge in [0.25, 0.3) is 0 Å². The lowest BCUT2D eigenvalue weighted by molar-refractivity contribution is -0.137. The number of anilines is 2. The van der Waals surface area contributed by atoms with Crippen molar-refractivity contribution in [2.75, 3.05) is 17.2 Å². The van der Waals surface area contributed by atoms with E-state index in [1.165, 1.54) is 29.8 Å². The number of carbonyl (C=O) groups excluding carboxylic acids is 1. The molecule has 3 rings (SSSR count). The first-order valence-corrected chi connectivity index (χ1v) is 8.70. The van der Waals surface area contributed by atoms with Crippen molar-refractivity contribution in [1.29, 1.82) is 0 Å². The Kier molecular flexibility index (Phi) is 5.00. The second-order valence-corrected chi connectivity index (χ2v) is 7.26. The molecule has 2 aromatic rings. The van der Waals surface area contributed by atoms with Crippen LogP contribution in [0.4, 0.5) is 24.5 Å². The number of hydrogen-bond donors (Lipinski definition) is 2. The second kappa shape index (κ2) is 7.10. The van der Waals surface area contributed by atoms with E-state index in [0.29, 0.717) is 11.3 Å². The topological polar surface area (TPSA) is 41.1 Å². The number of carbonyl (C=O) groups is 1. The number of benzene rings is 2. The predicted molar refractivity (Wildman–Crippen MR) is 102 cm³/mol. The van der Waals surface area contributed by atoms with Crippen molar-refractivity contribution >= 4 is 23.4 Å². The Bertz CT molecular complexity index is 868. The molecule has 142 valence electrons. The molecule has 2 aromatic carbocycles. The molecule has 0 aromatic heterocycles. The second-order valence-electron chi connectivity index (χ2n) is 7.26. The third kappa shape index (κ3) is 4.51. The molecule has 1 aliphatic heterocycles. The van der Waals surface area contributed by atoms with Gasteiger partial charge in [0.1, 0.15) is 0 Å². The van der Waals surface area contributed by atoms with Crippen LogP contribution in [0, 0.1) is 0 Å². The molecule has 0 saturated heterocycles. The average Bonchev–Trinajstić information content (AvgIpc) is 2.59. The maximum Gasteiger partial charge on any atom is 0.416 e. The van der Waals surface area contributed by atoms with Crippen LogP contribution >= 0.6 is 0 Å². The Morgan fingerprint density at radius 2 is 1.85 bits per heavy atom. The highest BCUT2D eigenvalue weighted by Crippen LogP contribution is 2.37. The summed E-state index contributed by atoms with van der Waals surface area (Å²) in [5, 5.41) is 6.13. The number of rotatable bonds is 3. The third-order valence-corrected chi connectivity index (χ3v) is 4.75. The summed E-state index contributed by atoms with van der Waals surface area (Å²) >= 11 is 0. The van der Waals surface area contributed by atoms with Gasteiger partial charge in [0.2, 0.25) is 5.91 Å². The molecule has 0 radical (unpaired) electrons. The van der Waals surface area contributed by atoms with E-state index in [2.05, 4.69) is 24.5 Å². The fourth-order valence-electron chi connectivity index (χ4n) is 3.14. The van der Waals surface area contributed by atoms with Gasteiger partial charge in [0.05, 0.1) is 5.56 Å². The number of fused-ring (bicyclic) bond motifs is 1. The van der Waals surface area contributed by atoms with Crippen LogP contribution in [0.15, 0.2) is 48.5 Å². The molecular weight excluding hydrogens is 353 g/mol. The normalized spacial score (nSPS) is 15.9. The molecule has 0 bridgehead atoms. The van der Waals surface area contributed by atoms with Gasteiger partial charge in [-0.2, -0.15) is 13.2 Å². The molecule has 0 fully saturated rings. The van der Waals surface area contributed by atoms with Gasteiger partial charge in [-0.25, -0.2) is 0 Å². The predicted octanol–water partition coefficient (Wildman–Crippen LogP) is 5.45. The minimum absolute atomic E-state index is 0.0889. The number of alkyl halides is 3. The third-order valence-electron chi connectivity index (χ3n) is 4.75. The minimum Gasteiger partial charge on any atom is -0.385 e. The van der Waals surface area contributed by atoms with E-state index in [4.69, 9.17) is 0 Å². The van der Waals surface area contributed by atoms with E-state index in [9.17, 15) is 18.0 Å². The summed E-state index contributed by atoms with van der Waals surface area (Å²) < 4.78 is 37.7. The molecule has 0 unspecified atom stereocenters. The van der Waals surface area contributed by atoms with E-state index >= 15 is 0 Å². The molecule has 1 heterocycles. The fourth-order valence-corrected chi connectivity index (χ4v) is 3.14. The van der Waals surface area contributed by atoms with E-state index in [1.54, 1.807) is 0 Å². The quantitative estimate of drug-likeness (QED) is 0.702. The van der Waals surface area contributed by atoms with Gasteiger partial charge in [0.15, 0.2) is 0 Å². The van der Waals surface area contributed by atoms with Gasteiger partial charge in [-0.05, 0) is 53.3 Å². The maximum atomic E-state index is 12.6. The van der Waals surface area contributed by atoms with Crippen LogP contribution in [0.5, 0.6) is 0 Å². The average molecular weight is 374 g/mol. The van der Waals surface area contributed by atoms with E-state index < -0.39 is 11.7 Å². The number of nitrogens with one attached hydrogen (secondary N) is 2. The summed E-state index contributed by atoms with van der Waals surface area (Å²) in [7, 11) is 0. The maximum absolute atomic E-state index is 12.6. The Hall–Kier alpha value is -2.76. The summed E-state index contributed by atoms with van der Waals surface area (Å²) in [6, 6.07) is 10.4. The van der Waals surface area contributed by atoms with E-state index in [1.807, 2.05) is 18.2 Å². The van der Waals surface area contributed by atoms with Crippen molar-refractivity contribution in [3.63, 3.8) is 0 Å². The summed E-state index contributed by atoms with van der Waals surface area (Å²) in [4.78, 5) is 12.1. The van der Waals surface area contributed by atoms with Gasteiger partial charge in [-0.1, -0.05) is 32.0 Å². The first kappa shape index (κ1) is 19.0.